The van der Waals surface area contributed by atoms with Gasteiger partial charge in [-0.3, -0.25) is 4.79 Å². The van der Waals surface area contributed by atoms with Gasteiger partial charge >= 0.3 is 0 Å². The van der Waals surface area contributed by atoms with Gasteiger partial charge < -0.3 is 10.7 Å². The molecule has 72 valence electrons. The first-order chi connectivity index (χ1) is 6.77. The van der Waals surface area contributed by atoms with E-state index in [0.717, 1.165) is 12.0 Å². The third kappa shape index (κ3) is 2.57. The lowest BCUT2D eigenvalue weighted by molar-refractivity contribution is 1.01. The highest BCUT2D eigenvalue weighted by atomic mass is 16.1. The number of nitrogens with zero attached hydrogens (tertiary/aromatic N) is 1. The average molecular weight is 189 g/mol. The molecule has 0 unspecified atom stereocenters. The first-order valence-electron chi connectivity index (χ1n) is 4.27. The summed E-state index contributed by atoms with van der Waals surface area (Å²) in [5.74, 6) is 0. The quantitative estimate of drug-likeness (QED) is 0.730. The van der Waals surface area contributed by atoms with Crippen molar-refractivity contribution in [2.45, 2.75) is 6.42 Å². The largest absolute Gasteiger partial charge is 0.330 e. The summed E-state index contributed by atoms with van der Waals surface area (Å²) in [6.45, 7) is 0.588. The zero-order valence-electron chi connectivity index (χ0n) is 7.66. The lowest BCUT2D eigenvalue weighted by Gasteiger charge is -1.93. The molecule has 0 fully saturated rings. The van der Waals surface area contributed by atoms with Crippen LogP contribution in [0.25, 0.3) is 6.08 Å². The minimum Gasteiger partial charge on any atom is -0.330 e. The van der Waals surface area contributed by atoms with E-state index in [2.05, 4.69) is 4.98 Å². The summed E-state index contributed by atoms with van der Waals surface area (Å²) < 4.78 is 0. The van der Waals surface area contributed by atoms with E-state index in [0.29, 0.717) is 6.54 Å². The second-order valence-corrected chi connectivity index (χ2v) is 2.77. The second kappa shape index (κ2) is 5.00. The predicted octanol–water partition coefficient (Wildman–Crippen LogP) is 0.609. The van der Waals surface area contributed by atoms with Gasteiger partial charge in [-0.15, -0.1) is 0 Å². The van der Waals surface area contributed by atoms with E-state index in [1.807, 2.05) is 18.2 Å². The van der Waals surface area contributed by atoms with Gasteiger partial charge in [0.25, 0.3) is 5.56 Å². The summed E-state index contributed by atoms with van der Waals surface area (Å²) in [6, 6.07) is 3.37. The Labute approximate surface area is 81.7 Å². The molecule has 4 nitrogen and oxygen atoms in total. The lowest BCUT2D eigenvalue weighted by Crippen LogP contribution is -2.08. The molecule has 0 aliphatic rings. The van der Waals surface area contributed by atoms with Gasteiger partial charge in [0.05, 0.1) is 0 Å². The molecule has 0 saturated carbocycles. The molecule has 0 spiro atoms. The monoisotopic (exact) mass is 189 g/mol. The standard InChI is InChI=1S/C10H11N3O/c11-4-2-1-3-8-5-9(6-12)10(14)13-7-8/h1,3,5,7H,2,4,11H2,(H,13,14). The van der Waals surface area contributed by atoms with E-state index >= 15 is 0 Å². The minimum atomic E-state index is -0.358. The van der Waals surface area contributed by atoms with Gasteiger partial charge in [-0.25, -0.2) is 0 Å². The molecule has 1 heterocycles. The highest BCUT2D eigenvalue weighted by Gasteiger charge is 1.97. The Morgan fingerprint density at radius 1 is 1.64 bits per heavy atom. The van der Waals surface area contributed by atoms with Crippen LogP contribution in [0.5, 0.6) is 0 Å². The van der Waals surface area contributed by atoms with Crippen LogP contribution in [0.2, 0.25) is 0 Å². The molecule has 1 aromatic rings. The van der Waals surface area contributed by atoms with Gasteiger partial charge in [0.15, 0.2) is 0 Å². The number of aromatic amines is 1. The molecule has 0 saturated heterocycles. The van der Waals surface area contributed by atoms with E-state index in [1.165, 1.54) is 0 Å². The van der Waals surface area contributed by atoms with E-state index < -0.39 is 0 Å². The van der Waals surface area contributed by atoms with Crippen molar-refractivity contribution < 1.29 is 0 Å². The molecule has 4 heteroatoms. The second-order valence-electron chi connectivity index (χ2n) is 2.77. The fourth-order valence-electron chi connectivity index (χ4n) is 0.995. The summed E-state index contributed by atoms with van der Waals surface area (Å²) >= 11 is 0. The van der Waals surface area contributed by atoms with Crippen molar-refractivity contribution in [1.29, 1.82) is 5.26 Å². The fraction of sp³-hybridized carbons (Fsp3) is 0.200. The smallest absolute Gasteiger partial charge is 0.265 e. The lowest BCUT2D eigenvalue weighted by atomic mass is 10.2. The molecular formula is C10H11N3O. The summed E-state index contributed by atoms with van der Waals surface area (Å²) in [4.78, 5) is 13.5. The Morgan fingerprint density at radius 3 is 3.07 bits per heavy atom. The maximum absolute atomic E-state index is 11.0. The maximum Gasteiger partial charge on any atom is 0.265 e. The SMILES string of the molecule is N#Cc1cc(C=CCCN)c[nH]c1=O. The van der Waals surface area contributed by atoms with Crippen LogP contribution in [0.1, 0.15) is 17.5 Å². The van der Waals surface area contributed by atoms with Crippen molar-refractivity contribution in [1.82, 2.24) is 4.98 Å². The molecular weight excluding hydrogens is 178 g/mol. The Kier molecular flexibility index (Phi) is 3.65. The number of hydrogen-bond acceptors (Lipinski definition) is 3. The topological polar surface area (TPSA) is 82.7 Å². The van der Waals surface area contributed by atoms with Crippen molar-refractivity contribution in [3.05, 3.63) is 39.8 Å². The highest BCUT2D eigenvalue weighted by molar-refractivity contribution is 5.50. The molecule has 14 heavy (non-hydrogen) atoms. The van der Waals surface area contributed by atoms with E-state index in [-0.39, 0.29) is 11.1 Å². The van der Waals surface area contributed by atoms with Crippen molar-refractivity contribution >= 4 is 6.08 Å². The van der Waals surface area contributed by atoms with Gasteiger partial charge in [0.2, 0.25) is 0 Å². The fourth-order valence-corrected chi connectivity index (χ4v) is 0.995. The molecule has 1 rings (SSSR count). The van der Waals surface area contributed by atoms with Crippen LogP contribution in [0.15, 0.2) is 23.1 Å². The summed E-state index contributed by atoms with van der Waals surface area (Å²) in [7, 11) is 0. The number of nitriles is 1. The third-order valence-corrected chi connectivity index (χ3v) is 1.69. The first kappa shape index (κ1) is 10.2. The molecule has 0 aromatic carbocycles. The van der Waals surface area contributed by atoms with E-state index in [1.54, 1.807) is 12.3 Å². The Morgan fingerprint density at radius 2 is 2.43 bits per heavy atom. The Bertz CT molecular complexity index is 426. The van der Waals surface area contributed by atoms with Crippen LogP contribution >= 0.6 is 0 Å². The number of pyridine rings is 1. The number of H-pyrrole nitrogens is 1. The van der Waals surface area contributed by atoms with Crippen LogP contribution in [0.3, 0.4) is 0 Å². The van der Waals surface area contributed by atoms with Gasteiger partial charge in [-0.05, 0) is 24.6 Å². The predicted molar refractivity (Wildman–Crippen MR) is 54.5 cm³/mol. The molecule has 0 aliphatic carbocycles. The molecule has 3 N–H and O–H groups in total. The van der Waals surface area contributed by atoms with Crippen molar-refractivity contribution in [3.63, 3.8) is 0 Å². The van der Waals surface area contributed by atoms with E-state index in [4.69, 9.17) is 11.0 Å². The van der Waals surface area contributed by atoms with Crippen LogP contribution in [-0.2, 0) is 0 Å². The molecule has 0 atom stereocenters. The van der Waals surface area contributed by atoms with Crippen molar-refractivity contribution in [2.75, 3.05) is 6.54 Å². The van der Waals surface area contributed by atoms with Crippen molar-refractivity contribution in [3.8, 4) is 6.07 Å². The summed E-state index contributed by atoms with van der Waals surface area (Å²) in [5, 5.41) is 8.60. The number of rotatable bonds is 3. The third-order valence-electron chi connectivity index (χ3n) is 1.69. The average Bonchev–Trinajstić information content (AvgIpc) is 2.21. The Balaban J connectivity index is 2.91. The van der Waals surface area contributed by atoms with Gasteiger partial charge in [0.1, 0.15) is 11.6 Å². The summed E-state index contributed by atoms with van der Waals surface area (Å²) in [6.07, 6.45) is 6.07. The molecule has 1 aromatic heterocycles. The van der Waals surface area contributed by atoms with Crippen LogP contribution < -0.4 is 11.3 Å². The summed E-state index contributed by atoms with van der Waals surface area (Å²) in [5.41, 5.74) is 5.88. The number of nitrogens with two attached hydrogens (primary N) is 1. The first-order valence-corrected chi connectivity index (χ1v) is 4.27. The van der Waals surface area contributed by atoms with Gasteiger partial charge in [-0.2, -0.15) is 5.26 Å². The van der Waals surface area contributed by atoms with Crippen LogP contribution in [0, 0.1) is 11.3 Å². The number of nitrogens with one attached hydrogen (secondary N) is 1. The zero-order chi connectivity index (χ0) is 10.4. The Hall–Kier alpha value is -1.86. The maximum atomic E-state index is 11.0. The highest BCUT2D eigenvalue weighted by Crippen LogP contribution is 2.00. The zero-order valence-corrected chi connectivity index (χ0v) is 7.66. The molecule has 0 aliphatic heterocycles. The van der Waals surface area contributed by atoms with Gasteiger partial charge in [-0.1, -0.05) is 12.2 Å². The molecule has 0 bridgehead atoms. The molecule has 0 radical (unpaired) electrons. The van der Waals surface area contributed by atoms with Crippen molar-refractivity contribution in [2.24, 2.45) is 5.73 Å². The van der Waals surface area contributed by atoms with Crippen LogP contribution in [0.4, 0.5) is 0 Å². The molecule has 0 amide bonds. The number of hydrogen-bond donors (Lipinski definition) is 2. The normalized spacial score (nSPS) is 10.3. The van der Waals surface area contributed by atoms with Crippen LogP contribution in [-0.4, -0.2) is 11.5 Å². The van der Waals surface area contributed by atoms with E-state index in [9.17, 15) is 4.79 Å². The number of aromatic nitrogens is 1. The van der Waals surface area contributed by atoms with Gasteiger partial charge in [0, 0.05) is 6.20 Å². The minimum absolute atomic E-state index is 0.125.